The number of aromatic carboxylic acids is 1. The third-order valence-corrected chi connectivity index (χ3v) is 2.53. The number of carboxylic acids is 1. The van der Waals surface area contributed by atoms with Gasteiger partial charge in [0.05, 0.1) is 11.6 Å². The quantitative estimate of drug-likeness (QED) is 0.837. The number of halogens is 1. The van der Waals surface area contributed by atoms with Crippen molar-refractivity contribution in [3.8, 4) is 17.5 Å². The third-order valence-electron chi connectivity index (χ3n) is 2.24. The minimum absolute atomic E-state index is 0.114. The normalized spacial score (nSPS) is 9.78. The first-order valence-electron chi connectivity index (χ1n) is 4.88. The zero-order valence-corrected chi connectivity index (χ0v) is 9.72. The van der Waals surface area contributed by atoms with E-state index in [1.807, 2.05) is 6.07 Å². The standard InChI is InChI=1S/C12H6ClN3O2/c13-10-9(12(17)18)6-15-11(16-10)8-3-1-7(5-14)2-4-8/h1-4,6H,(H,17,18). The molecular weight excluding hydrogens is 254 g/mol. The Hall–Kier alpha value is -2.45. The molecule has 1 aromatic carbocycles. The Kier molecular flexibility index (Phi) is 3.22. The Morgan fingerprint density at radius 3 is 2.50 bits per heavy atom. The number of nitrogens with zero attached hydrogens (tertiary/aromatic N) is 3. The van der Waals surface area contributed by atoms with Gasteiger partial charge in [0.15, 0.2) is 5.82 Å². The monoisotopic (exact) mass is 259 g/mol. The van der Waals surface area contributed by atoms with Crippen LogP contribution in [0.25, 0.3) is 11.4 Å². The average Bonchev–Trinajstić information content (AvgIpc) is 2.38. The van der Waals surface area contributed by atoms with Crippen LogP contribution in [-0.2, 0) is 0 Å². The van der Waals surface area contributed by atoms with Gasteiger partial charge in [-0.3, -0.25) is 0 Å². The van der Waals surface area contributed by atoms with Gasteiger partial charge in [0.1, 0.15) is 10.7 Å². The summed E-state index contributed by atoms with van der Waals surface area (Å²) in [7, 11) is 0. The molecule has 0 atom stereocenters. The molecule has 0 fully saturated rings. The predicted octanol–water partition coefficient (Wildman–Crippen LogP) is 2.37. The van der Waals surface area contributed by atoms with Crippen molar-refractivity contribution in [3.05, 3.63) is 46.7 Å². The summed E-state index contributed by atoms with van der Waals surface area (Å²) in [5, 5.41) is 17.4. The van der Waals surface area contributed by atoms with Gasteiger partial charge in [0.2, 0.25) is 0 Å². The fourth-order valence-corrected chi connectivity index (χ4v) is 1.55. The SMILES string of the molecule is N#Cc1ccc(-c2ncc(C(=O)O)c(Cl)n2)cc1. The first kappa shape index (κ1) is 12.0. The number of hydrogen-bond acceptors (Lipinski definition) is 4. The zero-order valence-electron chi connectivity index (χ0n) is 8.96. The smallest absolute Gasteiger partial charge is 0.340 e. The Morgan fingerprint density at radius 1 is 1.33 bits per heavy atom. The Bertz CT molecular complexity index is 647. The molecule has 5 nitrogen and oxygen atoms in total. The fraction of sp³-hybridized carbons (Fsp3) is 0. The Balaban J connectivity index is 2.42. The molecule has 0 radical (unpaired) electrons. The molecule has 0 aliphatic heterocycles. The number of nitriles is 1. The fourth-order valence-electron chi connectivity index (χ4n) is 1.34. The number of rotatable bonds is 2. The lowest BCUT2D eigenvalue weighted by Crippen LogP contribution is -2.01. The summed E-state index contributed by atoms with van der Waals surface area (Å²) in [4.78, 5) is 18.6. The molecule has 88 valence electrons. The molecule has 0 bridgehead atoms. The second kappa shape index (κ2) is 4.82. The molecule has 0 unspecified atom stereocenters. The molecule has 0 amide bonds. The van der Waals surface area contributed by atoms with Gasteiger partial charge in [-0.1, -0.05) is 11.6 Å². The molecule has 1 heterocycles. The van der Waals surface area contributed by atoms with Gasteiger partial charge < -0.3 is 5.11 Å². The molecule has 1 aromatic heterocycles. The van der Waals surface area contributed by atoms with Crippen molar-refractivity contribution in [2.75, 3.05) is 0 Å². The first-order chi connectivity index (χ1) is 8.61. The van der Waals surface area contributed by atoms with Gasteiger partial charge in [-0.25, -0.2) is 14.8 Å². The van der Waals surface area contributed by atoms with E-state index in [9.17, 15) is 4.79 Å². The van der Waals surface area contributed by atoms with Crippen LogP contribution in [0, 0.1) is 11.3 Å². The molecule has 1 N–H and O–H groups in total. The lowest BCUT2D eigenvalue weighted by atomic mass is 10.1. The summed E-state index contributed by atoms with van der Waals surface area (Å²) >= 11 is 5.75. The highest BCUT2D eigenvalue weighted by atomic mass is 35.5. The van der Waals surface area contributed by atoms with Crippen LogP contribution in [0.1, 0.15) is 15.9 Å². The van der Waals surface area contributed by atoms with E-state index in [1.54, 1.807) is 24.3 Å². The minimum atomic E-state index is -1.17. The van der Waals surface area contributed by atoms with E-state index >= 15 is 0 Å². The highest BCUT2D eigenvalue weighted by Crippen LogP contribution is 2.19. The highest BCUT2D eigenvalue weighted by molar-refractivity contribution is 6.32. The van der Waals surface area contributed by atoms with E-state index in [2.05, 4.69) is 9.97 Å². The average molecular weight is 260 g/mol. The van der Waals surface area contributed by atoms with Crippen molar-refractivity contribution in [2.45, 2.75) is 0 Å². The van der Waals surface area contributed by atoms with Crippen LogP contribution in [0.5, 0.6) is 0 Å². The largest absolute Gasteiger partial charge is 0.478 e. The first-order valence-corrected chi connectivity index (χ1v) is 5.26. The lowest BCUT2D eigenvalue weighted by Gasteiger charge is -2.02. The lowest BCUT2D eigenvalue weighted by molar-refractivity contribution is 0.0696. The molecular formula is C12H6ClN3O2. The predicted molar refractivity (Wildman–Crippen MR) is 64.2 cm³/mol. The molecule has 0 saturated heterocycles. The second-order valence-electron chi connectivity index (χ2n) is 3.39. The van der Waals surface area contributed by atoms with Crippen molar-refractivity contribution in [1.82, 2.24) is 9.97 Å². The van der Waals surface area contributed by atoms with Crippen LogP contribution in [-0.4, -0.2) is 21.0 Å². The Labute approximate surface area is 107 Å². The number of hydrogen-bond donors (Lipinski definition) is 1. The number of benzene rings is 1. The summed E-state index contributed by atoms with van der Waals surface area (Å²) in [5.74, 6) is -0.860. The zero-order chi connectivity index (χ0) is 13.1. The highest BCUT2D eigenvalue weighted by Gasteiger charge is 2.12. The van der Waals surface area contributed by atoms with Gasteiger partial charge in [-0.2, -0.15) is 5.26 Å². The topological polar surface area (TPSA) is 86.9 Å². The van der Waals surface area contributed by atoms with E-state index < -0.39 is 5.97 Å². The van der Waals surface area contributed by atoms with Crippen LogP contribution in [0.15, 0.2) is 30.5 Å². The maximum Gasteiger partial charge on any atom is 0.340 e. The summed E-state index contributed by atoms with van der Waals surface area (Å²) in [5.41, 5.74) is 1.04. The molecule has 0 saturated carbocycles. The van der Waals surface area contributed by atoms with Crippen LogP contribution < -0.4 is 0 Å². The van der Waals surface area contributed by atoms with Crippen molar-refractivity contribution < 1.29 is 9.90 Å². The summed E-state index contributed by atoms with van der Waals surface area (Å²) in [6.45, 7) is 0. The number of carboxylic acid groups (broad SMARTS) is 1. The van der Waals surface area contributed by atoms with E-state index in [4.69, 9.17) is 22.0 Å². The molecule has 0 aliphatic rings. The molecule has 2 rings (SSSR count). The summed E-state index contributed by atoms with van der Waals surface area (Å²) in [6, 6.07) is 8.58. The van der Waals surface area contributed by atoms with Crippen molar-refractivity contribution in [2.24, 2.45) is 0 Å². The molecule has 0 aliphatic carbocycles. The van der Waals surface area contributed by atoms with E-state index in [0.29, 0.717) is 17.0 Å². The van der Waals surface area contributed by atoms with Crippen molar-refractivity contribution in [1.29, 1.82) is 5.26 Å². The molecule has 18 heavy (non-hydrogen) atoms. The maximum atomic E-state index is 10.8. The number of carbonyl (C=O) groups is 1. The van der Waals surface area contributed by atoms with Crippen LogP contribution in [0.4, 0.5) is 0 Å². The van der Waals surface area contributed by atoms with E-state index in [0.717, 1.165) is 6.20 Å². The minimum Gasteiger partial charge on any atom is -0.478 e. The van der Waals surface area contributed by atoms with E-state index in [-0.39, 0.29) is 10.7 Å². The second-order valence-corrected chi connectivity index (χ2v) is 3.75. The van der Waals surface area contributed by atoms with Crippen LogP contribution >= 0.6 is 11.6 Å². The molecule has 2 aromatic rings. The molecule has 6 heteroatoms. The van der Waals surface area contributed by atoms with Gasteiger partial charge in [0.25, 0.3) is 0 Å². The van der Waals surface area contributed by atoms with E-state index in [1.165, 1.54) is 0 Å². The van der Waals surface area contributed by atoms with Crippen molar-refractivity contribution >= 4 is 17.6 Å². The number of aromatic nitrogens is 2. The molecule has 0 spiro atoms. The van der Waals surface area contributed by atoms with Crippen LogP contribution in [0.3, 0.4) is 0 Å². The van der Waals surface area contributed by atoms with Crippen molar-refractivity contribution in [3.63, 3.8) is 0 Å². The summed E-state index contributed by atoms with van der Waals surface area (Å²) in [6.07, 6.45) is 1.16. The third kappa shape index (κ3) is 2.29. The van der Waals surface area contributed by atoms with Gasteiger partial charge in [-0.15, -0.1) is 0 Å². The summed E-state index contributed by atoms with van der Waals surface area (Å²) < 4.78 is 0. The maximum absolute atomic E-state index is 10.8. The van der Waals surface area contributed by atoms with Gasteiger partial charge in [-0.05, 0) is 24.3 Å². The van der Waals surface area contributed by atoms with Gasteiger partial charge in [0, 0.05) is 11.8 Å². The van der Waals surface area contributed by atoms with Crippen LogP contribution in [0.2, 0.25) is 5.15 Å². The van der Waals surface area contributed by atoms with Gasteiger partial charge >= 0.3 is 5.97 Å². The Morgan fingerprint density at radius 2 is 2.00 bits per heavy atom.